The van der Waals surface area contributed by atoms with Gasteiger partial charge in [0.05, 0.1) is 22.3 Å². The molecule has 0 aliphatic heterocycles. The van der Waals surface area contributed by atoms with Crippen LogP contribution in [0.15, 0.2) is 18.2 Å². The third kappa shape index (κ3) is 5.41. The molecule has 1 atom stereocenters. The normalized spacial score (nSPS) is 13.0. The van der Waals surface area contributed by atoms with Crippen LogP contribution < -0.4 is 9.88 Å². The Balaban J connectivity index is 2.66. The second-order valence-corrected chi connectivity index (χ2v) is 6.18. The van der Waals surface area contributed by atoms with E-state index in [2.05, 4.69) is 0 Å². The van der Waals surface area contributed by atoms with Crippen molar-refractivity contribution in [2.24, 2.45) is 11.1 Å². The molecule has 1 aromatic carbocycles. The van der Waals surface area contributed by atoms with Crippen molar-refractivity contribution in [1.29, 1.82) is 0 Å². The molecule has 1 unspecified atom stereocenters. The van der Waals surface area contributed by atoms with Gasteiger partial charge in [0.1, 0.15) is 5.75 Å². The molecule has 7 nitrogen and oxygen atoms in total. The predicted octanol–water partition coefficient (Wildman–Crippen LogP) is 1.55. The van der Waals surface area contributed by atoms with Gasteiger partial charge in [-0.15, -0.1) is 0 Å². The topological polar surface area (TPSA) is 113 Å². The van der Waals surface area contributed by atoms with E-state index in [4.69, 9.17) is 21.5 Å². The minimum absolute atomic E-state index is 0.0912. The molecule has 0 fully saturated rings. The highest BCUT2D eigenvalue weighted by atomic mass is 35.5. The molecular formula is C10H13ClN2O5S. The summed E-state index contributed by atoms with van der Waals surface area (Å²) in [5.41, 5.74) is -0.144. The minimum atomic E-state index is -3.56. The van der Waals surface area contributed by atoms with Gasteiger partial charge in [-0.05, 0) is 6.07 Å². The molecule has 19 heavy (non-hydrogen) atoms. The van der Waals surface area contributed by atoms with Gasteiger partial charge in [0, 0.05) is 18.1 Å². The highest BCUT2D eigenvalue weighted by Gasteiger charge is 2.14. The number of rotatable bonds is 6. The molecule has 0 saturated heterocycles. The van der Waals surface area contributed by atoms with Crippen LogP contribution in [0.1, 0.15) is 6.92 Å². The summed E-state index contributed by atoms with van der Waals surface area (Å²) in [5, 5.41) is 15.5. The highest BCUT2D eigenvalue weighted by molar-refractivity contribution is 7.89. The quantitative estimate of drug-likeness (QED) is 0.633. The van der Waals surface area contributed by atoms with Gasteiger partial charge in [-0.2, -0.15) is 0 Å². The molecule has 2 N–H and O–H groups in total. The molecule has 0 heterocycles. The Labute approximate surface area is 115 Å². The van der Waals surface area contributed by atoms with E-state index in [1.807, 2.05) is 0 Å². The molecule has 0 saturated carbocycles. The molecule has 0 aliphatic carbocycles. The first-order valence-electron chi connectivity index (χ1n) is 5.26. The smallest absolute Gasteiger partial charge is 0.271 e. The lowest BCUT2D eigenvalue weighted by molar-refractivity contribution is -0.384. The molecule has 0 aromatic heterocycles. The maximum Gasteiger partial charge on any atom is 0.271 e. The van der Waals surface area contributed by atoms with Gasteiger partial charge in [0.2, 0.25) is 10.0 Å². The Morgan fingerprint density at radius 3 is 2.63 bits per heavy atom. The van der Waals surface area contributed by atoms with E-state index < -0.39 is 14.9 Å². The second-order valence-electron chi connectivity index (χ2n) is 4.12. The van der Waals surface area contributed by atoms with Gasteiger partial charge >= 0.3 is 0 Å². The number of sulfonamides is 1. The number of hydrogen-bond donors (Lipinski definition) is 1. The van der Waals surface area contributed by atoms with Crippen molar-refractivity contribution in [3.8, 4) is 5.75 Å². The Morgan fingerprint density at radius 1 is 1.53 bits per heavy atom. The second kappa shape index (κ2) is 6.18. The summed E-state index contributed by atoms with van der Waals surface area (Å²) in [6.07, 6.45) is 0. The standard InChI is InChI=1S/C10H13ClN2O5S/c1-7(6-19(12,16)17)5-18-10-3-2-8(13(14)15)4-9(10)11/h2-4,7H,5-6H2,1H3,(H2,12,16,17). The number of nitrogens with zero attached hydrogens (tertiary/aromatic N) is 1. The van der Waals surface area contributed by atoms with Crippen molar-refractivity contribution in [3.05, 3.63) is 33.3 Å². The number of nitro benzene ring substituents is 1. The first-order chi connectivity index (χ1) is 8.69. The van der Waals surface area contributed by atoms with Gasteiger partial charge < -0.3 is 4.74 Å². The molecule has 0 spiro atoms. The van der Waals surface area contributed by atoms with Crippen LogP contribution in [0.4, 0.5) is 5.69 Å². The lowest BCUT2D eigenvalue weighted by atomic mass is 10.2. The number of benzene rings is 1. The first-order valence-corrected chi connectivity index (χ1v) is 7.35. The monoisotopic (exact) mass is 308 g/mol. The van der Waals surface area contributed by atoms with E-state index in [-0.39, 0.29) is 34.7 Å². The van der Waals surface area contributed by atoms with Crippen molar-refractivity contribution in [2.45, 2.75) is 6.92 Å². The van der Waals surface area contributed by atoms with Gasteiger partial charge in [0.25, 0.3) is 5.69 Å². The van der Waals surface area contributed by atoms with Crippen LogP contribution in [0.25, 0.3) is 0 Å². The molecule has 0 radical (unpaired) electrons. The molecule has 1 rings (SSSR count). The average Bonchev–Trinajstić information content (AvgIpc) is 2.24. The summed E-state index contributed by atoms with van der Waals surface area (Å²) >= 11 is 5.82. The van der Waals surface area contributed by atoms with E-state index in [0.29, 0.717) is 0 Å². The lowest BCUT2D eigenvalue weighted by Gasteiger charge is -2.12. The van der Waals surface area contributed by atoms with Gasteiger partial charge in [-0.1, -0.05) is 18.5 Å². The first kappa shape index (κ1) is 15.7. The summed E-state index contributed by atoms with van der Waals surface area (Å²) in [6, 6.07) is 3.79. The Hall–Kier alpha value is -1.38. The summed E-state index contributed by atoms with van der Waals surface area (Å²) in [5.74, 6) is -0.271. The van der Waals surface area contributed by atoms with Crippen LogP contribution in [0.2, 0.25) is 5.02 Å². The number of primary sulfonamides is 1. The fraction of sp³-hybridized carbons (Fsp3) is 0.400. The molecule has 0 bridgehead atoms. The van der Waals surface area contributed by atoms with E-state index in [9.17, 15) is 18.5 Å². The van der Waals surface area contributed by atoms with Crippen LogP contribution >= 0.6 is 11.6 Å². The molecule has 106 valence electrons. The van der Waals surface area contributed by atoms with Crippen LogP contribution in [-0.4, -0.2) is 25.7 Å². The van der Waals surface area contributed by atoms with Crippen molar-refractivity contribution in [2.75, 3.05) is 12.4 Å². The van der Waals surface area contributed by atoms with Gasteiger partial charge in [-0.25, -0.2) is 13.6 Å². The number of hydrogen-bond acceptors (Lipinski definition) is 5. The fourth-order valence-corrected chi connectivity index (χ4v) is 2.52. The van der Waals surface area contributed by atoms with E-state index in [1.165, 1.54) is 18.2 Å². The van der Waals surface area contributed by atoms with Crippen molar-refractivity contribution in [3.63, 3.8) is 0 Å². The van der Waals surface area contributed by atoms with Crippen molar-refractivity contribution in [1.82, 2.24) is 0 Å². The maximum atomic E-state index is 10.9. The summed E-state index contributed by atoms with van der Waals surface area (Å²) in [6.45, 7) is 1.75. The maximum absolute atomic E-state index is 10.9. The minimum Gasteiger partial charge on any atom is -0.492 e. The van der Waals surface area contributed by atoms with Crippen LogP contribution in [0, 0.1) is 16.0 Å². The Morgan fingerprint density at radius 2 is 2.16 bits per heavy atom. The zero-order valence-electron chi connectivity index (χ0n) is 10.1. The summed E-state index contributed by atoms with van der Waals surface area (Å²) in [7, 11) is -3.56. The van der Waals surface area contributed by atoms with E-state index >= 15 is 0 Å². The number of ether oxygens (including phenoxy) is 1. The fourth-order valence-electron chi connectivity index (χ4n) is 1.40. The van der Waals surface area contributed by atoms with Crippen LogP contribution in [-0.2, 0) is 10.0 Å². The average molecular weight is 309 g/mol. The van der Waals surface area contributed by atoms with Gasteiger partial charge in [-0.3, -0.25) is 10.1 Å². The third-order valence-electron chi connectivity index (χ3n) is 2.17. The summed E-state index contributed by atoms with van der Waals surface area (Å²) in [4.78, 5) is 9.94. The summed E-state index contributed by atoms with van der Waals surface area (Å²) < 4.78 is 27.0. The molecular weight excluding hydrogens is 296 g/mol. The number of nitrogens with two attached hydrogens (primary N) is 1. The predicted molar refractivity (Wildman–Crippen MR) is 70.7 cm³/mol. The van der Waals surface area contributed by atoms with Crippen LogP contribution in [0.5, 0.6) is 5.75 Å². The zero-order valence-corrected chi connectivity index (χ0v) is 11.6. The lowest BCUT2D eigenvalue weighted by Crippen LogP contribution is -2.25. The zero-order chi connectivity index (χ0) is 14.6. The molecule has 0 aliphatic rings. The largest absolute Gasteiger partial charge is 0.492 e. The highest BCUT2D eigenvalue weighted by Crippen LogP contribution is 2.28. The Kier molecular flexibility index (Phi) is 5.10. The number of non-ortho nitro benzene ring substituents is 1. The van der Waals surface area contributed by atoms with E-state index in [0.717, 1.165) is 0 Å². The van der Waals surface area contributed by atoms with Crippen LogP contribution in [0.3, 0.4) is 0 Å². The third-order valence-corrected chi connectivity index (χ3v) is 3.50. The Bertz CT molecular complexity index is 575. The van der Waals surface area contributed by atoms with Crippen molar-refractivity contribution < 1.29 is 18.1 Å². The number of nitro groups is 1. The van der Waals surface area contributed by atoms with Gasteiger partial charge in [0.15, 0.2) is 0 Å². The van der Waals surface area contributed by atoms with E-state index in [1.54, 1.807) is 6.92 Å². The molecule has 1 aromatic rings. The molecule has 0 amide bonds. The SMILES string of the molecule is CC(COc1ccc([N+](=O)[O-])cc1Cl)CS(N)(=O)=O. The molecule has 9 heteroatoms. The van der Waals surface area contributed by atoms with Crippen molar-refractivity contribution >= 4 is 27.3 Å². The number of halogens is 1.